The number of hydrogen-bond acceptors (Lipinski definition) is 5. The number of hydrogen-bond donors (Lipinski definition) is 2. The van der Waals surface area contributed by atoms with Crippen LogP contribution in [-0.4, -0.2) is 41.0 Å². The fourth-order valence-corrected chi connectivity index (χ4v) is 3.93. The zero-order chi connectivity index (χ0) is 20.9. The van der Waals surface area contributed by atoms with E-state index in [1.165, 1.54) is 0 Å². The normalized spacial score (nSPS) is 15.6. The number of carbonyl (C=O) groups excluding carboxylic acids is 2. The second kappa shape index (κ2) is 9.00. The molecule has 0 aliphatic carbocycles. The van der Waals surface area contributed by atoms with Crippen molar-refractivity contribution < 1.29 is 14.3 Å². The number of para-hydroxylation sites is 1. The van der Waals surface area contributed by atoms with Gasteiger partial charge in [-0.15, -0.1) is 0 Å². The number of nitrogens with zero attached hydrogens (tertiary/aromatic N) is 2. The Hall–Kier alpha value is -3.32. The minimum absolute atomic E-state index is 0.104. The van der Waals surface area contributed by atoms with Crippen molar-refractivity contribution in [2.24, 2.45) is 11.7 Å². The third kappa shape index (κ3) is 4.46. The number of ether oxygens (including phenoxy) is 1. The quantitative estimate of drug-likeness (QED) is 0.657. The minimum Gasteiger partial charge on any atom is -0.381 e. The number of primary amides is 1. The second-order valence-electron chi connectivity index (χ2n) is 7.49. The number of nitrogens with two attached hydrogens (primary N) is 1. The van der Waals surface area contributed by atoms with Crippen molar-refractivity contribution in [3.8, 4) is 11.4 Å². The number of pyridine rings is 2. The molecule has 0 bridgehead atoms. The van der Waals surface area contributed by atoms with Crippen molar-refractivity contribution in [2.45, 2.75) is 25.3 Å². The van der Waals surface area contributed by atoms with E-state index in [0.717, 1.165) is 18.2 Å². The standard InChI is InChI=1S/C23H24N4O3/c24-22(28)14-20(15-8-11-30-12-9-15)27-23(29)17-13-21(19-7-3-4-10-25-19)26-18-6-2-1-5-16(17)18/h1-7,10,13,15,20H,8-9,11-12,14H2,(H2,24,28)(H,27,29). The predicted octanol–water partition coefficient (Wildman–Crippen LogP) is 2.70. The van der Waals surface area contributed by atoms with Crippen molar-refractivity contribution in [3.05, 3.63) is 60.3 Å². The molecule has 1 aliphatic rings. The molecule has 7 nitrogen and oxygen atoms in total. The molecule has 7 heteroatoms. The first-order valence-corrected chi connectivity index (χ1v) is 10.1. The smallest absolute Gasteiger partial charge is 0.252 e. The fraction of sp³-hybridized carbons (Fsp3) is 0.304. The number of benzene rings is 1. The van der Waals surface area contributed by atoms with Gasteiger partial charge in [0.2, 0.25) is 5.91 Å². The maximum Gasteiger partial charge on any atom is 0.252 e. The first-order valence-electron chi connectivity index (χ1n) is 10.1. The number of aromatic nitrogens is 2. The molecule has 2 aromatic heterocycles. The Kier molecular flexibility index (Phi) is 5.99. The van der Waals surface area contributed by atoms with Gasteiger partial charge in [-0.3, -0.25) is 14.6 Å². The molecular weight excluding hydrogens is 380 g/mol. The molecular formula is C23H24N4O3. The summed E-state index contributed by atoms with van der Waals surface area (Å²) in [6.07, 6.45) is 3.37. The van der Waals surface area contributed by atoms with E-state index in [4.69, 9.17) is 10.5 Å². The molecule has 3 N–H and O–H groups in total. The molecule has 3 aromatic rings. The molecule has 2 amide bonds. The maximum atomic E-state index is 13.3. The first-order chi connectivity index (χ1) is 14.6. The van der Waals surface area contributed by atoms with Gasteiger partial charge in [-0.2, -0.15) is 0 Å². The SMILES string of the molecule is NC(=O)CC(NC(=O)c1cc(-c2ccccn2)nc2ccccc12)C1CCOCC1. The van der Waals surface area contributed by atoms with Gasteiger partial charge in [-0.05, 0) is 43.0 Å². The van der Waals surface area contributed by atoms with Crippen molar-refractivity contribution in [2.75, 3.05) is 13.2 Å². The molecule has 1 fully saturated rings. The van der Waals surface area contributed by atoms with Crippen molar-refractivity contribution >= 4 is 22.7 Å². The molecule has 30 heavy (non-hydrogen) atoms. The zero-order valence-electron chi connectivity index (χ0n) is 16.6. The summed E-state index contributed by atoms with van der Waals surface area (Å²) in [6, 6.07) is 14.5. The Labute approximate surface area is 174 Å². The molecule has 4 rings (SSSR count). The van der Waals surface area contributed by atoms with E-state index in [1.807, 2.05) is 42.5 Å². The van der Waals surface area contributed by atoms with Crippen molar-refractivity contribution in [3.63, 3.8) is 0 Å². The van der Waals surface area contributed by atoms with E-state index in [2.05, 4.69) is 15.3 Å². The first kappa shape index (κ1) is 20.0. The predicted molar refractivity (Wildman–Crippen MR) is 114 cm³/mol. The van der Waals surface area contributed by atoms with Gasteiger partial charge >= 0.3 is 0 Å². The van der Waals surface area contributed by atoms with E-state index in [-0.39, 0.29) is 24.3 Å². The summed E-state index contributed by atoms with van der Waals surface area (Å²) in [5.74, 6) is -0.525. The lowest BCUT2D eigenvalue weighted by atomic mass is 9.89. The van der Waals surface area contributed by atoms with E-state index in [1.54, 1.807) is 12.3 Å². The van der Waals surface area contributed by atoms with Crippen LogP contribution in [0.5, 0.6) is 0 Å². The minimum atomic E-state index is -0.430. The average Bonchev–Trinajstić information content (AvgIpc) is 2.78. The second-order valence-corrected chi connectivity index (χ2v) is 7.49. The van der Waals surface area contributed by atoms with Crippen LogP contribution in [0.4, 0.5) is 0 Å². The average molecular weight is 404 g/mol. The molecule has 154 valence electrons. The number of carbonyl (C=O) groups is 2. The highest BCUT2D eigenvalue weighted by Gasteiger charge is 2.28. The van der Waals surface area contributed by atoms with Crippen LogP contribution in [0.1, 0.15) is 29.6 Å². The molecule has 3 heterocycles. The highest BCUT2D eigenvalue weighted by molar-refractivity contribution is 6.07. The lowest BCUT2D eigenvalue weighted by Crippen LogP contribution is -2.44. The fourth-order valence-electron chi connectivity index (χ4n) is 3.93. The summed E-state index contributed by atoms with van der Waals surface area (Å²) in [5.41, 5.74) is 7.99. The van der Waals surface area contributed by atoms with Crippen LogP contribution >= 0.6 is 0 Å². The lowest BCUT2D eigenvalue weighted by molar-refractivity contribution is -0.118. The van der Waals surface area contributed by atoms with Crippen LogP contribution in [0.25, 0.3) is 22.3 Å². The molecule has 0 saturated carbocycles. The van der Waals surface area contributed by atoms with Crippen LogP contribution < -0.4 is 11.1 Å². The molecule has 1 unspecified atom stereocenters. The van der Waals surface area contributed by atoms with Gasteiger partial charge in [-0.1, -0.05) is 24.3 Å². The van der Waals surface area contributed by atoms with Crippen molar-refractivity contribution in [1.29, 1.82) is 0 Å². The Morgan fingerprint density at radius 2 is 1.87 bits per heavy atom. The third-order valence-electron chi connectivity index (χ3n) is 5.46. The third-order valence-corrected chi connectivity index (χ3v) is 5.46. The van der Waals surface area contributed by atoms with Crippen molar-refractivity contribution in [1.82, 2.24) is 15.3 Å². The van der Waals surface area contributed by atoms with Gasteiger partial charge in [0, 0.05) is 37.3 Å². The summed E-state index contributed by atoms with van der Waals surface area (Å²) in [6.45, 7) is 1.25. The maximum absolute atomic E-state index is 13.3. The van der Waals surface area contributed by atoms with Crippen LogP contribution in [0.3, 0.4) is 0 Å². The summed E-state index contributed by atoms with van der Waals surface area (Å²) < 4.78 is 5.42. The van der Waals surface area contributed by atoms with Crippen LogP contribution in [-0.2, 0) is 9.53 Å². The molecule has 0 radical (unpaired) electrons. The summed E-state index contributed by atoms with van der Waals surface area (Å²) in [4.78, 5) is 34.0. The summed E-state index contributed by atoms with van der Waals surface area (Å²) in [7, 11) is 0. The number of amides is 2. The summed E-state index contributed by atoms with van der Waals surface area (Å²) >= 11 is 0. The van der Waals surface area contributed by atoms with Gasteiger partial charge in [0.25, 0.3) is 5.91 Å². The number of rotatable bonds is 6. The lowest BCUT2D eigenvalue weighted by Gasteiger charge is -2.30. The monoisotopic (exact) mass is 404 g/mol. The topological polar surface area (TPSA) is 107 Å². The molecule has 1 saturated heterocycles. The van der Waals surface area contributed by atoms with E-state index < -0.39 is 5.91 Å². The molecule has 1 atom stereocenters. The van der Waals surface area contributed by atoms with Gasteiger partial charge in [0.1, 0.15) is 0 Å². The molecule has 0 spiro atoms. The Morgan fingerprint density at radius 3 is 2.60 bits per heavy atom. The van der Waals surface area contributed by atoms with Gasteiger partial charge in [0.15, 0.2) is 0 Å². The van der Waals surface area contributed by atoms with Crippen LogP contribution in [0.2, 0.25) is 0 Å². The van der Waals surface area contributed by atoms with Gasteiger partial charge in [-0.25, -0.2) is 4.98 Å². The van der Waals surface area contributed by atoms with Gasteiger partial charge in [0.05, 0.1) is 22.5 Å². The largest absolute Gasteiger partial charge is 0.381 e. The van der Waals surface area contributed by atoms with E-state index in [9.17, 15) is 9.59 Å². The highest BCUT2D eigenvalue weighted by atomic mass is 16.5. The van der Waals surface area contributed by atoms with E-state index >= 15 is 0 Å². The number of fused-ring (bicyclic) bond motifs is 1. The number of nitrogens with one attached hydrogen (secondary N) is 1. The Morgan fingerprint density at radius 1 is 1.10 bits per heavy atom. The van der Waals surface area contributed by atoms with Crippen LogP contribution in [0.15, 0.2) is 54.7 Å². The van der Waals surface area contributed by atoms with Crippen LogP contribution in [0, 0.1) is 5.92 Å². The van der Waals surface area contributed by atoms with Gasteiger partial charge < -0.3 is 15.8 Å². The highest BCUT2D eigenvalue weighted by Crippen LogP contribution is 2.25. The molecule has 1 aromatic carbocycles. The van der Waals surface area contributed by atoms with E-state index in [0.29, 0.717) is 35.7 Å². The zero-order valence-corrected chi connectivity index (χ0v) is 16.6. The molecule has 1 aliphatic heterocycles. The summed E-state index contributed by atoms with van der Waals surface area (Å²) in [5, 5.41) is 3.81. The Bertz CT molecular complexity index is 1050. The Balaban J connectivity index is 1.69.